The second-order valence-corrected chi connectivity index (χ2v) is 5.11. The molecule has 0 bridgehead atoms. The number of rotatable bonds is 1. The highest BCUT2D eigenvalue weighted by Gasteiger charge is 2.31. The summed E-state index contributed by atoms with van der Waals surface area (Å²) in [6.45, 7) is 0. The number of hydrogen-bond donors (Lipinski definition) is 1. The van der Waals surface area contributed by atoms with Gasteiger partial charge in [0.05, 0.1) is 5.54 Å². The van der Waals surface area contributed by atoms with E-state index < -0.39 is 0 Å². The van der Waals surface area contributed by atoms with Gasteiger partial charge in [-0.05, 0) is 18.8 Å². The zero-order valence-corrected chi connectivity index (χ0v) is 9.65. The zero-order valence-electron chi connectivity index (χ0n) is 8.83. The molecule has 2 nitrogen and oxygen atoms in total. The lowest BCUT2D eigenvalue weighted by Gasteiger charge is -2.25. The molecule has 1 aliphatic carbocycles. The molecular formula is C12H16N2S. The van der Waals surface area contributed by atoms with Crippen molar-refractivity contribution in [2.75, 3.05) is 0 Å². The summed E-state index contributed by atoms with van der Waals surface area (Å²) in [5.41, 5.74) is 6.94. The van der Waals surface area contributed by atoms with Crippen molar-refractivity contribution in [3.63, 3.8) is 0 Å². The third kappa shape index (κ3) is 2.22. The first-order valence-electron chi connectivity index (χ1n) is 5.46. The highest BCUT2D eigenvalue weighted by Crippen LogP contribution is 2.35. The Morgan fingerprint density at radius 1 is 1.33 bits per heavy atom. The summed E-state index contributed by atoms with van der Waals surface area (Å²) in [5, 5.41) is 2.95. The predicted octanol–water partition coefficient (Wildman–Crippen LogP) is 2.63. The van der Waals surface area contributed by atoms with E-state index in [2.05, 4.69) is 10.9 Å². The molecule has 3 heteroatoms. The van der Waals surface area contributed by atoms with Gasteiger partial charge in [-0.1, -0.05) is 25.7 Å². The van der Waals surface area contributed by atoms with Gasteiger partial charge in [0.25, 0.3) is 0 Å². The van der Waals surface area contributed by atoms with Crippen molar-refractivity contribution >= 4 is 11.3 Å². The Bertz CT molecular complexity index is 367. The highest BCUT2D eigenvalue weighted by molar-refractivity contribution is 7.09. The fourth-order valence-corrected chi connectivity index (χ4v) is 3.08. The summed E-state index contributed by atoms with van der Waals surface area (Å²) in [5.74, 6) is 2.56. The van der Waals surface area contributed by atoms with Crippen LogP contribution in [0.4, 0.5) is 0 Å². The van der Waals surface area contributed by atoms with Crippen molar-refractivity contribution in [2.45, 2.75) is 44.1 Å². The van der Waals surface area contributed by atoms with Gasteiger partial charge in [0, 0.05) is 5.38 Å². The molecule has 0 spiro atoms. The van der Waals surface area contributed by atoms with Gasteiger partial charge in [-0.15, -0.1) is 17.8 Å². The number of nitrogens with zero attached hydrogens (tertiary/aromatic N) is 1. The molecule has 2 N–H and O–H groups in total. The van der Waals surface area contributed by atoms with E-state index in [0.717, 1.165) is 23.5 Å². The van der Waals surface area contributed by atoms with Crippen LogP contribution < -0.4 is 5.73 Å². The molecule has 1 fully saturated rings. The molecule has 1 heterocycles. The van der Waals surface area contributed by atoms with Crippen LogP contribution in [-0.4, -0.2) is 4.98 Å². The number of terminal acetylenes is 1. The molecule has 0 aliphatic heterocycles. The van der Waals surface area contributed by atoms with Crippen LogP contribution in [0.15, 0.2) is 5.38 Å². The van der Waals surface area contributed by atoms with Gasteiger partial charge in [0.1, 0.15) is 10.7 Å². The van der Waals surface area contributed by atoms with E-state index in [0.29, 0.717) is 0 Å². The van der Waals surface area contributed by atoms with Gasteiger partial charge >= 0.3 is 0 Å². The molecule has 80 valence electrons. The lowest BCUT2D eigenvalue weighted by Crippen LogP contribution is -2.35. The topological polar surface area (TPSA) is 38.9 Å². The summed E-state index contributed by atoms with van der Waals surface area (Å²) < 4.78 is 0. The van der Waals surface area contributed by atoms with Crippen molar-refractivity contribution in [3.8, 4) is 12.3 Å². The summed E-state index contributed by atoms with van der Waals surface area (Å²) in [6, 6.07) is 0. The number of thiazole rings is 1. The highest BCUT2D eigenvalue weighted by atomic mass is 32.1. The first kappa shape index (κ1) is 10.7. The van der Waals surface area contributed by atoms with E-state index in [-0.39, 0.29) is 5.54 Å². The maximum absolute atomic E-state index is 6.43. The molecular weight excluding hydrogens is 204 g/mol. The Morgan fingerprint density at radius 2 is 2.00 bits per heavy atom. The van der Waals surface area contributed by atoms with Gasteiger partial charge in [0.15, 0.2) is 0 Å². The van der Waals surface area contributed by atoms with Crippen LogP contribution in [-0.2, 0) is 5.54 Å². The average Bonchev–Trinajstić information content (AvgIpc) is 2.63. The van der Waals surface area contributed by atoms with Crippen molar-refractivity contribution in [2.24, 2.45) is 5.73 Å². The van der Waals surface area contributed by atoms with Crippen molar-refractivity contribution in [1.29, 1.82) is 0 Å². The normalized spacial score (nSPS) is 20.5. The van der Waals surface area contributed by atoms with E-state index in [1.54, 1.807) is 11.3 Å². The second kappa shape index (κ2) is 4.34. The standard InChI is InChI=1S/C12H16N2S/c1-2-10-9-15-11(14-10)12(13)7-5-3-4-6-8-12/h1,9H,3-8,13H2. The first-order chi connectivity index (χ1) is 7.24. The second-order valence-electron chi connectivity index (χ2n) is 4.25. The first-order valence-corrected chi connectivity index (χ1v) is 6.34. The fraction of sp³-hybridized carbons (Fsp3) is 0.583. The third-order valence-electron chi connectivity index (χ3n) is 3.07. The lowest BCUT2D eigenvalue weighted by atomic mass is 9.92. The summed E-state index contributed by atoms with van der Waals surface area (Å²) in [7, 11) is 0. The van der Waals surface area contributed by atoms with E-state index in [4.69, 9.17) is 12.2 Å². The monoisotopic (exact) mass is 220 g/mol. The molecule has 0 saturated heterocycles. The summed E-state index contributed by atoms with van der Waals surface area (Å²) in [4.78, 5) is 4.42. The Hall–Kier alpha value is -0.850. The summed E-state index contributed by atoms with van der Waals surface area (Å²) >= 11 is 1.61. The molecule has 2 rings (SSSR count). The number of aromatic nitrogens is 1. The summed E-state index contributed by atoms with van der Waals surface area (Å²) in [6.07, 6.45) is 12.4. The molecule has 0 atom stereocenters. The smallest absolute Gasteiger partial charge is 0.124 e. The van der Waals surface area contributed by atoms with Gasteiger partial charge in [-0.2, -0.15) is 0 Å². The van der Waals surface area contributed by atoms with E-state index in [1.165, 1.54) is 25.7 Å². The van der Waals surface area contributed by atoms with Gasteiger partial charge in [0.2, 0.25) is 0 Å². The average molecular weight is 220 g/mol. The van der Waals surface area contributed by atoms with E-state index in [1.807, 2.05) is 5.38 Å². The minimum Gasteiger partial charge on any atom is -0.319 e. The number of nitrogens with two attached hydrogens (primary N) is 1. The predicted molar refractivity (Wildman–Crippen MR) is 63.6 cm³/mol. The molecule has 1 aromatic rings. The van der Waals surface area contributed by atoms with Gasteiger partial charge in [-0.25, -0.2) is 4.98 Å². The van der Waals surface area contributed by atoms with Gasteiger partial charge < -0.3 is 5.73 Å². The maximum Gasteiger partial charge on any atom is 0.124 e. The molecule has 1 saturated carbocycles. The Kier molecular flexibility index (Phi) is 3.08. The third-order valence-corrected chi connectivity index (χ3v) is 4.14. The van der Waals surface area contributed by atoms with Crippen molar-refractivity contribution in [3.05, 3.63) is 16.1 Å². The fourth-order valence-electron chi connectivity index (χ4n) is 2.14. The molecule has 0 aromatic carbocycles. The van der Waals surface area contributed by atoms with E-state index in [9.17, 15) is 0 Å². The Morgan fingerprint density at radius 3 is 2.53 bits per heavy atom. The van der Waals surface area contributed by atoms with E-state index >= 15 is 0 Å². The lowest BCUT2D eigenvalue weighted by molar-refractivity contribution is 0.383. The SMILES string of the molecule is C#Cc1csc(C2(N)CCCCCC2)n1. The van der Waals surface area contributed by atoms with Crippen molar-refractivity contribution < 1.29 is 0 Å². The molecule has 0 unspecified atom stereocenters. The van der Waals surface area contributed by atoms with Crippen LogP contribution in [0.1, 0.15) is 49.2 Å². The van der Waals surface area contributed by atoms with Crippen LogP contribution in [0.3, 0.4) is 0 Å². The van der Waals surface area contributed by atoms with Crippen molar-refractivity contribution in [1.82, 2.24) is 4.98 Å². The van der Waals surface area contributed by atoms with Crippen LogP contribution >= 0.6 is 11.3 Å². The molecule has 1 aliphatic rings. The molecule has 15 heavy (non-hydrogen) atoms. The molecule has 0 amide bonds. The van der Waals surface area contributed by atoms with Crippen LogP contribution in [0.5, 0.6) is 0 Å². The zero-order chi connectivity index (χ0) is 10.7. The minimum absolute atomic E-state index is 0.212. The molecule has 1 aromatic heterocycles. The maximum atomic E-state index is 6.43. The minimum atomic E-state index is -0.212. The van der Waals surface area contributed by atoms with Crippen LogP contribution in [0.2, 0.25) is 0 Å². The van der Waals surface area contributed by atoms with Crippen LogP contribution in [0.25, 0.3) is 0 Å². The van der Waals surface area contributed by atoms with Crippen LogP contribution in [0, 0.1) is 12.3 Å². The Balaban J connectivity index is 2.23. The Labute approximate surface area is 94.9 Å². The molecule has 0 radical (unpaired) electrons. The largest absolute Gasteiger partial charge is 0.319 e. The van der Waals surface area contributed by atoms with Gasteiger partial charge in [-0.3, -0.25) is 0 Å². The quantitative estimate of drug-likeness (QED) is 0.583. The number of hydrogen-bond acceptors (Lipinski definition) is 3.